The summed E-state index contributed by atoms with van der Waals surface area (Å²) < 4.78 is 15.9. The van der Waals surface area contributed by atoms with Crippen LogP contribution in [0, 0.1) is 6.92 Å². The smallest absolute Gasteiger partial charge is 0.261 e. The molecule has 0 saturated carbocycles. The van der Waals surface area contributed by atoms with Crippen molar-refractivity contribution in [2.75, 3.05) is 19.5 Å². The van der Waals surface area contributed by atoms with Crippen molar-refractivity contribution in [1.82, 2.24) is 5.16 Å². The normalized spacial score (nSPS) is 10.5. The van der Waals surface area contributed by atoms with Crippen molar-refractivity contribution in [3.8, 4) is 22.8 Å². The van der Waals surface area contributed by atoms with E-state index in [1.54, 1.807) is 56.5 Å². The molecule has 0 aliphatic carbocycles. The Labute approximate surface area is 155 Å². The standard InChI is InChI=1S/C19H17ClN2O4/c1-11-17(18(26-22-11)12-4-6-13(20)7-5-12)19(23)21-15-10-14(24-2)8-9-16(15)25-3/h4-10H,1-3H3,(H,21,23). The van der Waals surface area contributed by atoms with E-state index < -0.39 is 0 Å². The molecule has 1 amide bonds. The van der Waals surface area contributed by atoms with Gasteiger partial charge in [0.25, 0.3) is 5.91 Å². The van der Waals surface area contributed by atoms with Gasteiger partial charge in [-0.25, -0.2) is 0 Å². The first kappa shape index (κ1) is 17.8. The summed E-state index contributed by atoms with van der Waals surface area (Å²) in [6, 6.07) is 12.1. The molecule has 0 atom stereocenters. The molecule has 0 bridgehead atoms. The molecule has 3 rings (SSSR count). The van der Waals surface area contributed by atoms with Gasteiger partial charge in [-0.15, -0.1) is 0 Å². The molecule has 0 fully saturated rings. The van der Waals surface area contributed by atoms with Crippen LogP contribution in [0.2, 0.25) is 5.02 Å². The first-order valence-corrected chi connectivity index (χ1v) is 8.17. The lowest BCUT2D eigenvalue weighted by Crippen LogP contribution is -2.14. The van der Waals surface area contributed by atoms with Crippen molar-refractivity contribution in [2.45, 2.75) is 6.92 Å². The van der Waals surface area contributed by atoms with Gasteiger partial charge in [-0.3, -0.25) is 4.79 Å². The third kappa shape index (κ3) is 3.50. The number of nitrogens with one attached hydrogen (secondary N) is 1. The third-order valence-corrected chi connectivity index (χ3v) is 4.10. The number of carbonyl (C=O) groups is 1. The van der Waals surface area contributed by atoms with E-state index in [0.29, 0.717) is 44.8 Å². The number of nitrogens with zero attached hydrogens (tertiary/aromatic N) is 1. The largest absolute Gasteiger partial charge is 0.497 e. The number of rotatable bonds is 5. The first-order chi connectivity index (χ1) is 12.5. The highest BCUT2D eigenvalue weighted by atomic mass is 35.5. The maximum Gasteiger partial charge on any atom is 0.261 e. The van der Waals surface area contributed by atoms with Crippen LogP contribution in [-0.2, 0) is 0 Å². The van der Waals surface area contributed by atoms with Crippen molar-refractivity contribution in [2.24, 2.45) is 0 Å². The molecule has 2 aromatic carbocycles. The summed E-state index contributed by atoms with van der Waals surface area (Å²) in [6.07, 6.45) is 0. The van der Waals surface area contributed by atoms with Gasteiger partial charge in [-0.1, -0.05) is 16.8 Å². The van der Waals surface area contributed by atoms with E-state index in [9.17, 15) is 4.79 Å². The van der Waals surface area contributed by atoms with Crippen LogP contribution in [0.15, 0.2) is 47.0 Å². The number of methoxy groups -OCH3 is 2. The number of hydrogen-bond acceptors (Lipinski definition) is 5. The predicted octanol–water partition coefficient (Wildman–Crippen LogP) is 4.57. The maximum atomic E-state index is 12.9. The van der Waals surface area contributed by atoms with Crippen molar-refractivity contribution in [3.05, 3.63) is 58.7 Å². The van der Waals surface area contributed by atoms with Gasteiger partial charge in [0.1, 0.15) is 17.1 Å². The van der Waals surface area contributed by atoms with Gasteiger partial charge in [0.15, 0.2) is 5.76 Å². The SMILES string of the molecule is COc1ccc(OC)c(NC(=O)c2c(C)noc2-c2ccc(Cl)cc2)c1. The van der Waals surface area contributed by atoms with E-state index in [0.717, 1.165) is 0 Å². The van der Waals surface area contributed by atoms with Crippen molar-refractivity contribution >= 4 is 23.2 Å². The number of carbonyl (C=O) groups excluding carboxylic acids is 1. The zero-order valence-electron chi connectivity index (χ0n) is 14.5. The van der Waals surface area contributed by atoms with Crippen molar-refractivity contribution in [1.29, 1.82) is 0 Å². The molecule has 1 aromatic heterocycles. The highest BCUT2D eigenvalue weighted by molar-refractivity contribution is 6.30. The number of halogens is 1. The molecule has 7 heteroatoms. The Morgan fingerprint density at radius 2 is 1.85 bits per heavy atom. The average molecular weight is 373 g/mol. The number of aryl methyl sites for hydroxylation is 1. The Morgan fingerprint density at radius 3 is 2.50 bits per heavy atom. The Bertz CT molecular complexity index is 935. The van der Waals surface area contributed by atoms with Gasteiger partial charge in [-0.2, -0.15) is 0 Å². The summed E-state index contributed by atoms with van der Waals surface area (Å²) in [5, 5.41) is 7.36. The van der Waals surface area contributed by atoms with E-state index in [2.05, 4.69) is 10.5 Å². The molecule has 0 unspecified atom stereocenters. The lowest BCUT2D eigenvalue weighted by Gasteiger charge is -2.12. The lowest BCUT2D eigenvalue weighted by atomic mass is 10.1. The van der Waals surface area contributed by atoms with Crippen LogP contribution in [0.4, 0.5) is 5.69 Å². The summed E-state index contributed by atoms with van der Waals surface area (Å²) in [4.78, 5) is 12.9. The van der Waals surface area contributed by atoms with E-state index in [1.807, 2.05) is 0 Å². The summed E-state index contributed by atoms with van der Waals surface area (Å²) in [5.74, 6) is 1.13. The minimum Gasteiger partial charge on any atom is -0.497 e. The molecular weight excluding hydrogens is 356 g/mol. The van der Waals surface area contributed by atoms with Gasteiger partial charge >= 0.3 is 0 Å². The second-order valence-electron chi connectivity index (χ2n) is 5.50. The van der Waals surface area contributed by atoms with Gasteiger partial charge in [0.05, 0.1) is 25.6 Å². The topological polar surface area (TPSA) is 73.6 Å². The second-order valence-corrected chi connectivity index (χ2v) is 5.94. The zero-order valence-corrected chi connectivity index (χ0v) is 15.3. The molecule has 1 heterocycles. The van der Waals surface area contributed by atoms with Crippen LogP contribution in [0.25, 0.3) is 11.3 Å². The van der Waals surface area contributed by atoms with Gasteiger partial charge in [0, 0.05) is 16.7 Å². The Kier molecular flexibility index (Phi) is 5.14. The molecule has 1 N–H and O–H groups in total. The lowest BCUT2D eigenvalue weighted by molar-refractivity contribution is 0.102. The molecular formula is C19H17ClN2O4. The molecule has 0 aliphatic heterocycles. The number of anilines is 1. The Hall–Kier alpha value is -2.99. The fraction of sp³-hybridized carbons (Fsp3) is 0.158. The molecule has 0 radical (unpaired) electrons. The van der Waals surface area contributed by atoms with Gasteiger partial charge < -0.3 is 19.3 Å². The summed E-state index contributed by atoms with van der Waals surface area (Å²) >= 11 is 5.92. The third-order valence-electron chi connectivity index (χ3n) is 3.85. The highest BCUT2D eigenvalue weighted by Crippen LogP contribution is 2.32. The van der Waals surface area contributed by atoms with Crippen LogP contribution >= 0.6 is 11.6 Å². The zero-order chi connectivity index (χ0) is 18.7. The number of hydrogen-bond donors (Lipinski definition) is 1. The molecule has 0 aliphatic rings. The van der Waals surface area contributed by atoms with Crippen molar-refractivity contribution in [3.63, 3.8) is 0 Å². The van der Waals surface area contributed by atoms with E-state index in [-0.39, 0.29) is 5.91 Å². The van der Waals surface area contributed by atoms with Crippen LogP contribution < -0.4 is 14.8 Å². The quantitative estimate of drug-likeness (QED) is 0.710. The Balaban J connectivity index is 1.97. The van der Waals surface area contributed by atoms with Crippen LogP contribution in [0.3, 0.4) is 0 Å². The highest BCUT2D eigenvalue weighted by Gasteiger charge is 2.23. The van der Waals surface area contributed by atoms with E-state index >= 15 is 0 Å². The van der Waals surface area contributed by atoms with Crippen LogP contribution in [0.1, 0.15) is 16.1 Å². The Morgan fingerprint density at radius 1 is 1.12 bits per heavy atom. The molecule has 134 valence electrons. The minimum absolute atomic E-state index is 0.345. The first-order valence-electron chi connectivity index (χ1n) is 7.79. The molecule has 3 aromatic rings. The predicted molar refractivity (Wildman–Crippen MR) is 99.2 cm³/mol. The van der Waals surface area contributed by atoms with Crippen LogP contribution in [0.5, 0.6) is 11.5 Å². The monoisotopic (exact) mass is 372 g/mol. The molecule has 0 spiro atoms. The molecule has 26 heavy (non-hydrogen) atoms. The van der Waals surface area contributed by atoms with Gasteiger partial charge in [-0.05, 0) is 43.3 Å². The summed E-state index contributed by atoms with van der Waals surface area (Å²) in [7, 11) is 3.08. The fourth-order valence-corrected chi connectivity index (χ4v) is 2.66. The van der Waals surface area contributed by atoms with Crippen LogP contribution in [-0.4, -0.2) is 25.3 Å². The van der Waals surface area contributed by atoms with Crippen molar-refractivity contribution < 1.29 is 18.8 Å². The number of amides is 1. The van der Waals surface area contributed by atoms with E-state index in [4.69, 9.17) is 25.6 Å². The van der Waals surface area contributed by atoms with Gasteiger partial charge in [0.2, 0.25) is 0 Å². The summed E-state index contributed by atoms with van der Waals surface area (Å²) in [6.45, 7) is 1.71. The number of aromatic nitrogens is 1. The fourth-order valence-electron chi connectivity index (χ4n) is 2.53. The number of benzene rings is 2. The molecule has 0 saturated heterocycles. The maximum absolute atomic E-state index is 12.9. The molecule has 6 nitrogen and oxygen atoms in total. The van der Waals surface area contributed by atoms with E-state index in [1.165, 1.54) is 7.11 Å². The minimum atomic E-state index is -0.361. The summed E-state index contributed by atoms with van der Waals surface area (Å²) in [5.41, 5.74) is 2.02. The number of ether oxygens (including phenoxy) is 2. The average Bonchev–Trinajstić information content (AvgIpc) is 3.03. The second kappa shape index (κ2) is 7.49.